The van der Waals surface area contributed by atoms with Crippen molar-refractivity contribution < 1.29 is 19.1 Å². The van der Waals surface area contributed by atoms with Crippen LogP contribution >= 0.6 is 0 Å². The van der Waals surface area contributed by atoms with Crippen molar-refractivity contribution in [2.45, 2.75) is 32.7 Å². The van der Waals surface area contributed by atoms with Crippen molar-refractivity contribution in [2.24, 2.45) is 0 Å². The zero-order valence-corrected chi connectivity index (χ0v) is 9.32. The van der Waals surface area contributed by atoms with Crippen molar-refractivity contribution in [3.63, 3.8) is 0 Å². The Bertz CT molecular complexity index is 383. The first-order valence-corrected chi connectivity index (χ1v) is 5.12. The highest BCUT2D eigenvalue weighted by molar-refractivity contribution is 5.91. The summed E-state index contributed by atoms with van der Waals surface area (Å²) in [5.41, 5.74) is 0. The van der Waals surface area contributed by atoms with Crippen molar-refractivity contribution >= 4 is 11.9 Å². The summed E-state index contributed by atoms with van der Waals surface area (Å²) >= 11 is 0. The average Bonchev–Trinajstić information content (AvgIpc) is 2.63. The molecule has 1 aromatic heterocycles. The number of aliphatic carboxylic acids is 1. The molecule has 0 spiro atoms. The first-order chi connectivity index (χ1) is 7.52. The van der Waals surface area contributed by atoms with E-state index in [1.807, 2.05) is 6.92 Å². The van der Waals surface area contributed by atoms with Gasteiger partial charge in [0.2, 0.25) is 0 Å². The maximum atomic E-state index is 11.6. The van der Waals surface area contributed by atoms with Crippen LogP contribution in [0.5, 0.6) is 0 Å². The van der Waals surface area contributed by atoms with Crippen molar-refractivity contribution in [1.82, 2.24) is 5.32 Å². The van der Waals surface area contributed by atoms with Crippen LogP contribution in [-0.2, 0) is 4.79 Å². The molecule has 0 aromatic carbocycles. The molecule has 0 aliphatic heterocycles. The minimum absolute atomic E-state index is 0.0814. The van der Waals surface area contributed by atoms with Gasteiger partial charge in [-0.05, 0) is 25.5 Å². The predicted molar refractivity (Wildman–Crippen MR) is 57.2 cm³/mol. The van der Waals surface area contributed by atoms with Gasteiger partial charge in [-0.3, -0.25) is 9.59 Å². The monoisotopic (exact) mass is 225 g/mol. The van der Waals surface area contributed by atoms with Crippen LogP contribution in [0, 0.1) is 6.92 Å². The summed E-state index contributed by atoms with van der Waals surface area (Å²) in [5.74, 6) is -0.443. The number of nitrogens with one attached hydrogen (secondary N) is 1. The fourth-order valence-electron chi connectivity index (χ4n) is 1.32. The second-order valence-electron chi connectivity index (χ2n) is 3.59. The normalized spacial score (nSPS) is 12.1. The third-order valence-electron chi connectivity index (χ3n) is 2.21. The molecule has 1 atom stereocenters. The van der Waals surface area contributed by atoms with E-state index in [2.05, 4.69) is 5.32 Å². The second-order valence-corrected chi connectivity index (χ2v) is 3.59. The lowest BCUT2D eigenvalue weighted by Gasteiger charge is -2.13. The number of carboxylic acids is 1. The SMILES string of the molecule is CCC(CC(=O)O)NC(=O)c1ccc(C)o1. The largest absolute Gasteiger partial charge is 0.481 e. The molecule has 0 aliphatic carbocycles. The van der Waals surface area contributed by atoms with Crippen LogP contribution in [0.4, 0.5) is 0 Å². The molecule has 0 saturated carbocycles. The molecule has 1 heterocycles. The smallest absolute Gasteiger partial charge is 0.305 e. The van der Waals surface area contributed by atoms with Crippen molar-refractivity contribution in [3.05, 3.63) is 23.7 Å². The third kappa shape index (κ3) is 3.42. The fraction of sp³-hybridized carbons (Fsp3) is 0.455. The number of hydrogen-bond donors (Lipinski definition) is 2. The number of furan rings is 1. The first kappa shape index (κ1) is 12.3. The molecule has 88 valence electrons. The Morgan fingerprint density at radius 3 is 2.62 bits per heavy atom. The molecule has 16 heavy (non-hydrogen) atoms. The van der Waals surface area contributed by atoms with Gasteiger partial charge in [0, 0.05) is 6.04 Å². The molecule has 0 bridgehead atoms. The number of carbonyl (C=O) groups is 2. The third-order valence-corrected chi connectivity index (χ3v) is 2.21. The lowest BCUT2D eigenvalue weighted by molar-refractivity contribution is -0.137. The first-order valence-electron chi connectivity index (χ1n) is 5.12. The fourth-order valence-corrected chi connectivity index (χ4v) is 1.32. The van der Waals surface area contributed by atoms with Crippen LogP contribution in [0.3, 0.4) is 0 Å². The van der Waals surface area contributed by atoms with Gasteiger partial charge in [-0.1, -0.05) is 6.92 Å². The van der Waals surface area contributed by atoms with Crippen molar-refractivity contribution in [2.75, 3.05) is 0 Å². The molecule has 2 N–H and O–H groups in total. The summed E-state index contributed by atoms with van der Waals surface area (Å²) in [4.78, 5) is 22.1. The van der Waals surface area contributed by atoms with Crippen LogP contribution in [0.15, 0.2) is 16.5 Å². The van der Waals surface area contributed by atoms with E-state index in [1.54, 1.807) is 19.1 Å². The molecule has 1 rings (SSSR count). The number of carboxylic acid groups (broad SMARTS) is 1. The lowest BCUT2D eigenvalue weighted by Crippen LogP contribution is -2.35. The summed E-state index contributed by atoms with van der Waals surface area (Å²) in [5, 5.41) is 11.2. The van der Waals surface area contributed by atoms with Crippen LogP contribution in [0.25, 0.3) is 0 Å². The van der Waals surface area contributed by atoms with E-state index in [0.717, 1.165) is 0 Å². The zero-order chi connectivity index (χ0) is 12.1. The van der Waals surface area contributed by atoms with Gasteiger partial charge in [0.1, 0.15) is 5.76 Å². The quantitative estimate of drug-likeness (QED) is 0.797. The topological polar surface area (TPSA) is 79.5 Å². The summed E-state index contributed by atoms with van der Waals surface area (Å²) in [6, 6.07) is 2.89. The van der Waals surface area contributed by atoms with Gasteiger partial charge in [-0.25, -0.2) is 0 Å². The Morgan fingerprint density at radius 2 is 2.19 bits per heavy atom. The summed E-state index contributed by atoms with van der Waals surface area (Å²) < 4.78 is 5.14. The second kappa shape index (κ2) is 5.34. The Balaban J connectivity index is 2.58. The highest BCUT2D eigenvalue weighted by atomic mass is 16.4. The van der Waals surface area contributed by atoms with Crippen LogP contribution < -0.4 is 5.32 Å². The van der Waals surface area contributed by atoms with Gasteiger partial charge >= 0.3 is 5.97 Å². The van der Waals surface area contributed by atoms with Crippen molar-refractivity contribution in [1.29, 1.82) is 0 Å². The number of hydrogen-bond acceptors (Lipinski definition) is 3. The van der Waals surface area contributed by atoms with Crippen LogP contribution in [0.2, 0.25) is 0 Å². The van der Waals surface area contributed by atoms with Gasteiger partial charge in [0.05, 0.1) is 6.42 Å². The summed E-state index contributed by atoms with van der Waals surface area (Å²) in [6.45, 7) is 3.56. The van der Waals surface area contributed by atoms with Crippen molar-refractivity contribution in [3.8, 4) is 0 Å². The molecule has 1 amide bonds. The molecule has 1 aromatic rings. The molecule has 1 unspecified atom stereocenters. The number of rotatable bonds is 5. The molecule has 5 nitrogen and oxygen atoms in total. The maximum absolute atomic E-state index is 11.6. The van der Waals surface area contributed by atoms with Gasteiger partial charge in [0.15, 0.2) is 5.76 Å². The zero-order valence-electron chi connectivity index (χ0n) is 9.32. The Hall–Kier alpha value is -1.78. The minimum Gasteiger partial charge on any atom is -0.481 e. The molecule has 0 fully saturated rings. The van der Waals surface area contributed by atoms with Gasteiger partial charge in [-0.2, -0.15) is 0 Å². The number of carbonyl (C=O) groups excluding carboxylic acids is 1. The molecule has 5 heteroatoms. The number of aryl methyl sites for hydroxylation is 1. The van der Waals surface area contributed by atoms with E-state index in [1.165, 1.54) is 0 Å². The van der Waals surface area contributed by atoms with E-state index in [4.69, 9.17) is 9.52 Å². The average molecular weight is 225 g/mol. The van der Waals surface area contributed by atoms with Gasteiger partial charge in [0.25, 0.3) is 5.91 Å². The van der Waals surface area contributed by atoms with Crippen LogP contribution in [0.1, 0.15) is 36.1 Å². The van der Waals surface area contributed by atoms with E-state index in [0.29, 0.717) is 12.2 Å². The molecule has 0 radical (unpaired) electrons. The van der Waals surface area contributed by atoms with Crippen LogP contribution in [-0.4, -0.2) is 23.0 Å². The predicted octanol–water partition coefficient (Wildman–Crippen LogP) is 1.57. The molecule has 0 saturated heterocycles. The molecular weight excluding hydrogens is 210 g/mol. The summed E-state index contributed by atoms with van der Waals surface area (Å²) in [6.07, 6.45) is 0.486. The standard InChI is InChI=1S/C11H15NO4/c1-3-8(6-10(13)14)12-11(15)9-5-4-7(2)16-9/h4-5,8H,3,6H2,1-2H3,(H,12,15)(H,13,14). The highest BCUT2D eigenvalue weighted by Crippen LogP contribution is 2.07. The molecule has 0 aliphatic rings. The Morgan fingerprint density at radius 1 is 1.50 bits per heavy atom. The Kier molecular flexibility index (Phi) is 4.10. The van der Waals surface area contributed by atoms with Gasteiger partial charge in [-0.15, -0.1) is 0 Å². The Labute approximate surface area is 93.4 Å². The summed E-state index contributed by atoms with van der Waals surface area (Å²) in [7, 11) is 0. The van der Waals surface area contributed by atoms with E-state index >= 15 is 0 Å². The van der Waals surface area contributed by atoms with Gasteiger partial charge < -0.3 is 14.8 Å². The molecular formula is C11H15NO4. The van der Waals surface area contributed by atoms with E-state index in [-0.39, 0.29) is 24.1 Å². The maximum Gasteiger partial charge on any atom is 0.305 e. The number of amides is 1. The minimum atomic E-state index is -0.928. The van der Waals surface area contributed by atoms with E-state index in [9.17, 15) is 9.59 Å². The van der Waals surface area contributed by atoms with E-state index < -0.39 is 5.97 Å². The highest BCUT2D eigenvalue weighted by Gasteiger charge is 2.17. The lowest BCUT2D eigenvalue weighted by atomic mass is 10.1.